The van der Waals surface area contributed by atoms with Crippen LogP contribution in [0.4, 0.5) is 0 Å². The van der Waals surface area contributed by atoms with Gasteiger partial charge < -0.3 is 0 Å². The average Bonchev–Trinajstić information content (AvgIpc) is 2.48. The van der Waals surface area contributed by atoms with Crippen LogP contribution in [-0.4, -0.2) is 0 Å². The van der Waals surface area contributed by atoms with Gasteiger partial charge in [0.1, 0.15) is 0 Å². The van der Waals surface area contributed by atoms with Gasteiger partial charge in [-0.15, -0.1) is 0 Å². The van der Waals surface area contributed by atoms with Gasteiger partial charge in [0.15, 0.2) is 0 Å². The Morgan fingerprint density at radius 1 is 0.684 bits per heavy atom. The first-order valence-corrected chi connectivity index (χ1v) is 7.04. The van der Waals surface area contributed by atoms with E-state index < -0.39 is 0 Å². The molecule has 19 heavy (non-hydrogen) atoms. The van der Waals surface area contributed by atoms with Crippen LogP contribution in [-0.2, 0) is 0 Å². The molecule has 0 nitrogen and oxygen atoms in total. The van der Waals surface area contributed by atoms with E-state index in [0.29, 0.717) is 0 Å². The Balaban J connectivity index is 2.02. The van der Waals surface area contributed by atoms with E-state index in [0.717, 1.165) is 4.47 Å². The maximum atomic E-state index is 3.70. The molecule has 0 aliphatic carbocycles. The fraction of sp³-hybridized carbons (Fsp3) is 0. The summed E-state index contributed by atoms with van der Waals surface area (Å²) >= 11 is 3.70. The van der Waals surface area contributed by atoms with Crippen molar-refractivity contribution in [2.45, 2.75) is 0 Å². The number of halogens is 1. The third kappa shape index (κ3) is 2.61. The minimum atomic E-state index is 1.15. The van der Waals surface area contributed by atoms with Gasteiger partial charge >= 0.3 is 0 Å². The second-order valence-corrected chi connectivity index (χ2v) is 5.23. The van der Waals surface area contributed by atoms with Crippen LogP contribution in [0, 0.1) is 0 Å². The van der Waals surface area contributed by atoms with E-state index in [1.165, 1.54) is 21.9 Å². The molecule has 3 aromatic rings. The van der Waals surface area contributed by atoms with Gasteiger partial charge in [-0.1, -0.05) is 78.9 Å². The smallest absolute Gasteiger partial charge is 0.0326 e. The quantitative estimate of drug-likeness (QED) is 0.527. The zero-order valence-corrected chi connectivity index (χ0v) is 12.0. The van der Waals surface area contributed by atoms with Crippen molar-refractivity contribution in [1.82, 2.24) is 0 Å². The second-order valence-electron chi connectivity index (χ2n) is 4.43. The Morgan fingerprint density at radius 2 is 1.42 bits per heavy atom. The van der Waals surface area contributed by atoms with E-state index >= 15 is 0 Å². The van der Waals surface area contributed by atoms with Crippen LogP contribution >= 0.6 is 15.9 Å². The lowest BCUT2D eigenvalue weighted by molar-refractivity contribution is 1.64. The van der Waals surface area contributed by atoms with Crippen molar-refractivity contribution in [2.24, 2.45) is 0 Å². The maximum absolute atomic E-state index is 3.70. The zero-order valence-electron chi connectivity index (χ0n) is 10.4. The normalized spacial score (nSPS) is 11.2. The first-order valence-electron chi connectivity index (χ1n) is 6.25. The van der Waals surface area contributed by atoms with Gasteiger partial charge in [-0.05, 0) is 37.8 Å². The van der Waals surface area contributed by atoms with Gasteiger partial charge in [-0.3, -0.25) is 0 Å². The maximum Gasteiger partial charge on any atom is 0.0326 e. The molecule has 0 saturated carbocycles. The number of fused-ring (bicyclic) bond motifs is 1. The topological polar surface area (TPSA) is 0 Å². The largest absolute Gasteiger partial charge is 0.0622 e. The van der Waals surface area contributed by atoms with E-state index in [9.17, 15) is 0 Å². The molecule has 0 atom stereocenters. The molecule has 0 heterocycles. The third-order valence-corrected chi connectivity index (χ3v) is 4.03. The van der Waals surface area contributed by atoms with Crippen molar-refractivity contribution in [3.05, 3.63) is 82.3 Å². The van der Waals surface area contributed by atoms with Crippen LogP contribution in [0.25, 0.3) is 22.9 Å². The summed E-state index contributed by atoms with van der Waals surface area (Å²) in [4.78, 5) is 0. The van der Waals surface area contributed by atoms with Gasteiger partial charge in [0.2, 0.25) is 0 Å². The number of hydrogen-bond acceptors (Lipinski definition) is 0. The minimum absolute atomic E-state index is 1.15. The predicted molar refractivity (Wildman–Crippen MR) is 87.0 cm³/mol. The number of rotatable bonds is 2. The summed E-state index contributed by atoms with van der Waals surface area (Å²) in [5, 5.41) is 2.50. The van der Waals surface area contributed by atoms with E-state index in [2.05, 4.69) is 88.7 Å². The zero-order chi connectivity index (χ0) is 13.1. The summed E-state index contributed by atoms with van der Waals surface area (Å²) in [6.45, 7) is 0. The molecule has 0 fully saturated rings. The molecular formula is C18H13Br. The van der Waals surface area contributed by atoms with Crippen LogP contribution in [0.1, 0.15) is 11.1 Å². The lowest BCUT2D eigenvalue weighted by Gasteiger charge is -2.04. The summed E-state index contributed by atoms with van der Waals surface area (Å²) in [5.74, 6) is 0. The van der Waals surface area contributed by atoms with Gasteiger partial charge in [0.25, 0.3) is 0 Å². The Morgan fingerprint density at radius 3 is 2.26 bits per heavy atom. The molecule has 0 N–H and O–H groups in total. The molecule has 0 spiro atoms. The molecule has 0 unspecified atom stereocenters. The Hall–Kier alpha value is -1.86. The summed E-state index contributed by atoms with van der Waals surface area (Å²) in [5.41, 5.74) is 2.41. The minimum Gasteiger partial charge on any atom is -0.0622 e. The van der Waals surface area contributed by atoms with Gasteiger partial charge in [0.05, 0.1) is 0 Å². The molecule has 0 radical (unpaired) electrons. The van der Waals surface area contributed by atoms with Crippen LogP contribution < -0.4 is 0 Å². The van der Waals surface area contributed by atoms with E-state index in [-0.39, 0.29) is 0 Å². The summed E-state index contributed by atoms with van der Waals surface area (Å²) < 4.78 is 1.15. The SMILES string of the molecule is Brc1c(/C=C/c2ccccc2)ccc2ccccc12. The van der Waals surface area contributed by atoms with Crippen LogP contribution in [0.3, 0.4) is 0 Å². The van der Waals surface area contributed by atoms with Crippen molar-refractivity contribution < 1.29 is 0 Å². The van der Waals surface area contributed by atoms with Crippen molar-refractivity contribution >= 4 is 38.9 Å². The van der Waals surface area contributed by atoms with Gasteiger partial charge in [-0.25, -0.2) is 0 Å². The van der Waals surface area contributed by atoms with Crippen molar-refractivity contribution in [2.75, 3.05) is 0 Å². The Labute approximate surface area is 121 Å². The molecule has 3 rings (SSSR count). The molecule has 3 aromatic carbocycles. The van der Waals surface area contributed by atoms with Crippen LogP contribution in [0.15, 0.2) is 71.2 Å². The molecule has 92 valence electrons. The van der Waals surface area contributed by atoms with E-state index in [1.807, 2.05) is 6.07 Å². The first kappa shape index (κ1) is 12.2. The van der Waals surface area contributed by atoms with E-state index in [4.69, 9.17) is 0 Å². The highest BCUT2D eigenvalue weighted by molar-refractivity contribution is 9.10. The van der Waals surface area contributed by atoms with Crippen molar-refractivity contribution in [3.63, 3.8) is 0 Å². The molecule has 0 amide bonds. The molecule has 0 saturated heterocycles. The molecule has 0 aliphatic rings. The van der Waals surface area contributed by atoms with Crippen molar-refractivity contribution in [1.29, 1.82) is 0 Å². The first-order chi connectivity index (χ1) is 9.34. The number of hydrogen-bond donors (Lipinski definition) is 0. The number of benzene rings is 3. The van der Waals surface area contributed by atoms with Crippen molar-refractivity contribution in [3.8, 4) is 0 Å². The predicted octanol–water partition coefficient (Wildman–Crippen LogP) is 5.77. The average molecular weight is 309 g/mol. The summed E-state index contributed by atoms with van der Waals surface area (Å²) in [6.07, 6.45) is 4.28. The highest BCUT2D eigenvalue weighted by atomic mass is 79.9. The molecule has 0 aliphatic heterocycles. The van der Waals surface area contributed by atoms with Crippen LogP contribution in [0.5, 0.6) is 0 Å². The fourth-order valence-electron chi connectivity index (χ4n) is 2.13. The molecule has 0 aromatic heterocycles. The Kier molecular flexibility index (Phi) is 3.47. The molecular weight excluding hydrogens is 296 g/mol. The van der Waals surface area contributed by atoms with Crippen LogP contribution in [0.2, 0.25) is 0 Å². The second kappa shape index (κ2) is 5.41. The summed E-state index contributed by atoms with van der Waals surface area (Å²) in [7, 11) is 0. The fourth-order valence-corrected chi connectivity index (χ4v) is 2.75. The lowest BCUT2D eigenvalue weighted by atomic mass is 10.1. The molecule has 1 heteroatoms. The summed E-state index contributed by atoms with van der Waals surface area (Å²) in [6, 6.07) is 23.0. The van der Waals surface area contributed by atoms with Gasteiger partial charge in [-0.2, -0.15) is 0 Å². The highest BCUT2D eigenvalue weighted by Gasteiger charge is 2.01. The monoisotopic (exact) mass is 308 g/mol. The highest BCUT2D eigenvalue weighted by Crippen LogP contribution is 2.28. The standard InChI is InChI=1S/C18H13Br/c19-18-16(11-10-14-6-2-1-3-7-14)13-12-15-8-4-5-9-17(15)18/h1-13H/b11-10+. The Bertz CT molecular complexity index is 727. The lowest BCUT2D eigenvalue weighted by Crippen LogP contribution is -1.79. The third-order valence-electron chi connectivity index (χ3n) is 3.15. The molecule has 0 bridgehead atoms. The van der Waals surface area contributed by atoms with Gasteiger partial charge in [0, 0.05) is 4.47 Å². The van der Waals surface area contributed by atoms with E-state index in [1.54, 1.807) is 0 Å².